The van der Waals surface area contributed by atoms with E-state index in [1.165, 1.54) is 23.1 Å². The maximum Gasteiger partial charge on any atom is 0.471 e. The Morgan fingerprint density at radius 1 is 1.00 bits per heavy atom. The maximum absolute atomic E-state index is 13.0. The molecule has 38 heavy (non-hydrogen) atoms. The van der Waals surface area contributed by atoms with Gasteiger partial charge in [0.2, 0.25) is 0 Å². The zero-order valence-electron chi connectivity index (χ0n) is 20.2. The zero-order valence-corrected chi connectivity index (χ0v) is 20.2. The first-order chi connectivity index (χ1) is 17.8. The highest BCUT2D eigenvalue weighted by Crippen LogP contribution is 2.29. The largest absolute Gasteiger partial charge is 0.471 e. The Morgan fingerprint density at radius 2 is 1.74 bits per heavy atom. The smallest absolute Gasteiger partial charge is 0.331 e. The van der Waals surface area contributed by atoms with Crippen molar-refractivity contribution in [1.29, 1.82) is 0 Å². The molecular weight excluding hydrogens is 516 g/mol. The molecule has 4 rings (SSSR count). The number of amides is 1. The van der Waals surface area contributed by atoms with Crippen LogP contribution in [0.3, 0.4) is 0 Å². The van der Waals surface area contributed by atoms with Crippen molar-refractivity contribution in [1.82, 2.24) is 24.6 Å². The quantitative estimate of drug-likeness (QED) is 0.342. The van der Waals surface area contributed by atoms with Crippen LogP contribution in [0.25, 0.3) is 11.4 Å². The molecular formula is C25H21F6N5O2. The number of hydrogen-bond donors (Lipinski definition) is 0. The first kappa shape index (κ1) is 27.0. The minimum Gasteiger partial charge on any atom is -0.331 e. The van der Waals surface area contributed by atoms with Crippen molar-refractivity contribution in [3.05, 3.63) is 76.5 Å². The molecule has 0 fully saturated rings. The lowest BCUT2D eigenvalue weighted by molar-refractivity contribution is -0.185. The van der Waals surface area contributed by atoms with E-state index in [0.717, 1.165) is 16.5 Å². The Labute approximate surface area is 212 Å². The van der Waals surface area contributed by atoms with Gasteiger partial charge in [0.1, 0.15) is 0 Å². The maximum atomic E-state index is 13.0. The van der Waals surface area contributed by atoms with Gasteiger partial charge in [-0.3, -0.25) is 14.6 Å². The van der Waals surface area contributed by atoms with E-state index >= 15 is 0 Å². The number of ketones is 1. The Balaban J connectivity index is 1.46. The Kier molecular flexibility index (Phi) is 7.13. The summed E-state index contributed by atoms with van der Waals surface area (Å²) in [6, 6.07) is 3.81. The van der Waals surface area contributed by atoms with Crippen molar-refractivity contribution in [2.75, 3.05) is 13.1 Å². The lowest BCUT2D eigenvalue weighted by Gasteiger charge is -2.27. The van der Waals surface area contributed by atoms with Crippen LogP contribution < -0.4 is 0 Å². The van der Waals surface area contributed by atoms with Gasteiger partial charge in [-0.05, 0) is 49.1 Å². The van der Waals surface area contributed by atoms with Gasteiger partial charge in [0.25, 0.3) is 0 Å². The van der Waals surface area contributed by atoms with Crippen LogP contribution in [-0.2, 0) is 17.4 Å². The van der Waals surface area contributed by atoms with Crippen LogP contribution >= 0.6 is 0 Å². The van der Waals surface area contributed by atoms with Gasteiger partial charge in [-0.15, -0.1) is 0 Å². The molecule has 1 amide bonds. The van der Waals surface area contributed by atoms with Crippen LogP contribution in [-0.4, -0.2) is 55.6 Å². The van der Waals surface area contributed by atoms with Crippen molar-refractivity contribution < 1.29 is 35.9 Å². The lowest BCUT2D eigenvalue weighted by atomic mass is 9.98. The van der Waals surface area contributed by atoms with Crippen LogP contribution in [0.5, 0.6) is 0 Å². The van der Waals surface area contributed by atoms with Crippen molar-refractivity contribution in [3.63, 3.8) is 0 Å². The lowest BCUT2D eigenvalue weighted by Crippen LogP contribution is -2.43. The average molecular weight is 537 g/mol. The van der Waals surface area contributed by atoms with Gasteiger partial charge in [0.05, 0.1) is 28.7 Å². The number of Topliss-reactive ketones (excluding diaryl/α,β-unsaturated/α-hetero) is 1. The van der Waals surface area contributed by atoms with E-state index in [-0.39, 0.29) is 43.1 Å². The number of alkyl halides is 6. The predicted molar refractivity (Wildman–Crippen MR) is 123 cm³/mol. The number of aryl methyl sites for hydroxylation is 1. The average Bonchev–Trinajstić information content (AvgIpc) is 3.24. The second kappa shape index (κ2) is 10.0. The van der Waals surface area contributed by atoms with Crippen LogP contribution in [0, 0.1) is 13.8 Å². The van der Waals surface area contributed by atoms with Crippen molar-refractivity contribution in [2.24, 2.45) is 0 Å². The van der Waals surface area contributed by atoms with Crippen molar-refractivity contribution in [3.8, 4) is 5.82 Å². The Morgan fingerprint density at radius 3 is 2.29 bits per heavy atom. The molecule has 0 spiro atoms. The first-order valence-corrected chi connectivity index (χ1v) is 11.4. The molecule has 13 heteroatoms. The number of aromatic nitrogens is 4. The number of carbonyl (C=O) groups is 2. The standard InChI is InChI=1S/C25H21F6N5O2/c1-14-9-16(11-33-22(14)17-5-7-35(8-6-17)23(38)25(29,30)31)10-20(37)19-13-34-36(15(19)2)21-4-3-18(12-32-21)24(26,27)28/h3-5,9,11-13H,6-8,10H2,1-2H3. The summed E-state index contributed by atoms with van der Waals surface area (Å²) in [6.07, 6.45) is -4.18. The normalized spacial score (nSPS) is 14.4. The highest BCUT2D eigenvalue weighted by molar-refractivity contribution is 5.98. The molecule has 0 N–H and O–H groups in total. The minimum atomic E-state index is -4.92. The topological polar surface area (TPSA) is 81.0 Å². The van der Waals surface area contributed by atoms with Gasteiger partial charge in [0, 0.05) is 31.9 Å². The predicted octanol–water partition coefficient (Wildman–Crippen LogP) is 4.90. The van der Waals surface area contributed by atoms with E-state index in [1.807, 2.05) is 0 Å². The molecule has 0 saturated heterocycles. The SMILES string of the molecule is Cc1cc(CC(=O)c2cnn(-c3ccc(C(F)(F)F)cn3)c2C)cnc1C1=CCN(C(=O)C(F)(F)F)CC1. The summed E-state index contributed by atoms with van der Waals surface area (Å²) in [5.74, 6) is -2.03. The van der Waals surface area contributed by atoms with Crippen LogP contribution in [0.15, 0.2) is 42.9 Å². The molecule has 0 aliphatic carbocycles. The monoisotopic (exact) mass is 537 g/mol. The van der Waals surface area contributed by atoms with Gasteiger partial charge in [-0.1, -0.05) is 12.1 Å². The molecule has 3 aromatic rings. The van der Waals surface area contributed by atoms with Gasteiger partial charge >= 0.3 is 18.3 Å². The van der Waals surface area contributed by atoms with E-state index in [2.05, 4.69) is 15.1 Å². The van der Waals surface area contributed by atoms with Crippen LogP contribution in [0.4, 0.5) is 26.3 Å². The molecule has 0 atom stereocenters. The van der Waals surface area contributed by atoms with E-state index < -0.39 is 23.8 Å². The van der Waals surface area contributed by atoms with Crippen molar-refractivity contribution >= 4 is 17.3 Å². The highest BCUT2D eigenvalue weighted by Gasteiger charge is 2.42. The fraction of sp³-hybridized carbons (Fsp3) is 0.320. The molecule has 0 bridgehead atoms. The van der Waals surface area contributed by atoms with E-state index in [1.54, 1.807) is 26.0 Å². The molecule has 4 heterocycles. The third-order valence-electron chi connectivity index (χ3n) is 6.14. The molecule has 0 saturated carbocycles. The molecule has 1 aliphatic heterocycles. The Hall–Kier alpha value is -4.03. The molecule has 7 nitrogen and oxygen atoms in total. The highest BCUT2D eigenvalue weighted by atomic mass is 19.4. The minimum absolute atomic E-state index is 0.0198. The van der Waals surface area contributed by atoms with E-state index in [4.69, 9.17) is 0 Å². The molecule has 0 radical (unpaired) electrons. The first-order valence-electron chi connectivity index (χ1n) is 11.4. The number of nitrogens with zero attached hydrogens (tertiary/aromatic N) is 5. The molecule has 3 aromatic heterocycles. The fourth-order valence-electron chi connectivity index (χ4n) is 4.19. The van der Waals surface area contributed by atoms with Gasteiger partial charge in [-0.25, -0.2) is 9.67 Å². The van der Waals surface area contributed by atoms with E-state index in [9.17, 15) is 35.9 Å². The summed E-state index contributed by atoms with van der Waals surface area (Å²) >= 11 is 0. The van der Waals surface area contributed by atoms with E-state index in [0.29, 0.717) is 28.7 Å². The van der Waals surface area contributed by atoms with Gasteiger partial charge in [-0.2, -0.15) is 31.4 Å². The van der Waals surface area contributed by atoms with Gasteiger partial charge < -0.3 is 4.90 Å². The molecule has 0 unspecified atom stereocenters. The summed E-state index contributed by atoms with van der Waals surface area (Å²) in [4.78, 5) is 33.3. The second-order valence-corrected chi connectivity index (χ2v) is 8.80. The number of carbonyl (C=O) groups excluding carboxylic acids is 2. The van der Waals surface area contributed by atoms with Crippen LogP contribution in [0.2, 0.25) is 0 Å². The Bertz CT molecular complexity index is 1410. The second-order valence-electron chi connectivity index (χ2n) is 8.80. The molecule has 0 aromatic carbocycles. The molecule has 1 aliphatic rings. The summed E-state index contributed by atoms with van der Waals surface area (Å²) in [5.41, 5.74) is 2.40. The summed E-state index contributed by atoms with van der Waals surface area (Å²) < 4.78 is 77.6. The third-order valence-corrected chi connectivity index (χ3v) is 6.14. The number of pyridine rings is 2. The fourth-order valence-corrected chi connectivity index (χ4v) is 4.19. The molecule has 200 valence electrons. The summed E-state index contributed by atoms with van der Waals surface area (Å²) in [5, 5.41) is 4.10. The summed E-state index contributed by atoms with van der Waals surface area (Å²) in [7, 11) is 0. The van der Waals surface area contributed by atoms with Gasteiger partial charge in [0.15, 0.2) is 11.6 Å². The third kappa shape index (κ3) is 5.60. The zero-order chi connectivity index (χ0) is 27.8. The van der Waals surface area contributed by atoms with Crippen LogP contribution in [0.1, 0.15) is 44.9 Å². The number of rotatable bonds is 5. The number of hydrogen-bond acceptors (Lipinski definition) is 5. The van der Waals surface area contributed by atoms with Crippen molar-refractivity contribution in [2.45, 2.75) is 39.0 Å². The number of halogens is 6. The summed E-state index contributed by atoms with van der Waals surface area (Å²) in [6.45, 7) is 3.12.